The molecule has 0 saturated carbocycles. The molecule has 1 saturated heterocycles. The van der Waals surface area contributed by atoms with Crippen molar-refractivity contribution in [2.45, 2.75) is 60.0 Å². The molecule has 114 valence electrons. The van der Waals surface area contributed by atoms with Crippen LogP contribution < -0.4 is 5.32 Å². The van der Waals surface area contributed by atoms with Gasteiger partial charge >= 0.3 is 0 Å². The number of rotatable bonds is 6. The van der Waals surface area contributed by atoms with Crippen LogP contribution in [0, 0.1) is 5.41 Å². The second-order valence-corrected chi connectivity index (χ2v) is 7.11. The molecule has 1 rings (SSSR count). The number of hydrogen-bond acceptors (Lipinski definition) is 3. The van der Waals surface area contributed by atoms with Crippen LogP contribution in [-0.4, -0.2) is 61.2 Å². The Labute approximate surface area is 120 Å². The molecule has 2 unspecified atom stereocenters. The van der Waals surface area contributed by atoms with Crippen molar-refractivity contribution < 1.29 is 0 Å². The van der Waals surface area contributed by atoms with Crippen molar-refractivity contribution in [3.63, 3.8) is 0 Å². The van der Waals surface area contributed by atoms with E-state index in [1.807, 2.05) is 0 Å². The van der Waals surface area contributed by atoms with E-state index in [1.54, 1.807) is 0 Å². The third-order valence-corrected chi connectivity index (χ3v) is 4.38. The van der Waals surface area contributed by atoms with Gasteiger partial charge in [0.25, 0.3) is 0 Å². The number of piperazine rings is 1. The molecule has 3 nitrogen and oxygen atoms in total. The molecule has 0 spiro atoms. The average molecular weight is 269 g/mol. The predicted octanol–water partition coefficient (Wildman–Crippen LogP) is 2.43. The lowest BCUT2D eigenvalue weighted by Crippen LogP contribution is -2.56. The lowest BCUT2D eigenvalue weighted by molar-refractivity contribution is 0.0683. The van der Waals surface area contributed by atoms with Gasteiger partial charge in [0.05, 0.1) is 0 Å². The standard InChI is InChI=1S/C16H35N3/c1-7-9-17-15(16(4,5)6)13-18-10-11-19(8-2)14(3)12-18/h14-15,17H,7-13H2,1-6H3. The summed E-state index contributed by atoms with van der Waals surface area (Å²) in [6.07, 6.45) is 1.21. The van der Waals surface area contributed by atoms with Crippen molar-refractivity contribution in [1.29, 1.82) is 0 Å². The molecule has 0 aliphatic carbocycles. The van der Waals surface area contributed by atoms with Gasteiger partial charge in [-0.15, -0.1) is 0 Å². The number of hydrogen-bond donors (Lipinski definition) is 1. The van der Waals surface area contributed by atoms with Gasteiger partial charge in [0.1, 0.15) is 0 Å². The molecule has 1 aliphatic heterocycles. The van der Waals surface area contributed by atoms with Crippen LogP contribution in [0.2, 0.25) is 0 Å². The summed E-state index contributed by atoms with van der Waals surface area (Å²) in [5, 5.41) is 3.74. The topological polar surface area (TPSA) is 18.5 Å². The Hall–Kier alpha value is -0.120. The Balaban J connectivity index is 2.50. The summed E-state index contributed by atoms with van der Waals surface area (Å²) < 4.78 is 0. The first-order valence-corrected chi connectivity index (χ1v) is 8.08. The highest BCUT2D eigenvalue weighted by molar-refractivity contribution is 4.87. The molecule has 3 heteroatoms. The van der Waals surface area contributed by atoms with Crippen LogP contribution in [0.5, 0.6) is 0 Å². The van der Waals surface area contributed by atoms with E-state index in [4.69, 9.17) is 0 Å². The summed E-state index contributed by atoms with van der Waals surface area (Å²) in [5.74, 6) is 0. The van der Waals surface area contributed by atoms with Gasteiger partial charge in [0.15, 0.2) is 0 Å². The molecule has 0 radical (unpaired) electrons. The zero-order valence-corrected chi connectivity index (χ0v) is 14.0. The minimum absolute atomic E-state index is 0.334. The SMILES string of the molecule is CCCNC(CN1CCN(CC)C(C)C1)C(C)(C)C. The first-order chi connectivity index (χ1) is 8.88. The van der Waals surface area contributed by atoms with E-state index in [1.165, 1.54) is 39.1 Å². The zero-order chi connectivity index (χ0) is 14.5. The molecular formula is C16H35N3. The summed E-state index contributed by atoms with van der Waals surface area (Å²) in [6, 6.07) is 1.29. The van der Waals surface area contributed by atoms with Crippen molar-refractivity contribution >= 4 is 0 Å². The second kappa shape index (κ2) is 7.61. The Morgan fingerprint density at radius 1 is 1.21 bits per heavy atom. The number of nitrogens with one attached hydrogen (secondary N) is 1. The molecule has 1 N–H and O–H groups in total. The van der Waals surface area contributed by atoms with Gasteiger partial charge < -0.3 is 5.32 Å². The van der Waals surface area contributed by atoms with E-state index < -0.39 is 0 Å². The quantitative estimate of drug-likeness (QED) is 0.799. The van der Waals surface area contributed by atoms with E-state index in [-0.39, 0.29) is 0 Å². The summed E-state index contributed by atoms with van der Waals surface area (Å²) in [5.41, 5.74) is 0.334. The van der Waals surface area contributed by atoms with Crippen LogP contribution in [0.1, 0.15) is 48.0 Å². The Morgan fingerprint density at radius 2 is 1.89 bits per heavy atom. The van der Waals surface area contributed by atoms with Crippen LogP contribution in [0.15, 0.2) is 0 Å². The monoisotopic (exact) mass is 269 g/mol. The van der Waals surface area contributed by atoms with Gasteiger partial charge in [-0.1, -0.05) is 34.6 Å². The highest BCUT2D eigenvalue weighted by atomic mass is 15.3. The fourth-order valence-electron chi connectivity index (χ4n) is 2.93. The van der Waals surface area contributed by atoms with Gasteiger partial charge in [-0.25, -0.2) is 0 Å². The lowest BCUT2D eigenvalue weighted by Gasteiger charge is -2.43. The van der Waals surface area contributed by atoms with E-state index >= 15 is 0 Å². The Kier molecular flexibility index (Phi) is 6.78. The number of nitrogens with zero attached hydrogens (tertiary/aromatic N) is 2. The molecule has 1 aliphatic rings. The van der Waals surface area contributed by atoms with Crippen molar-refractivity contribution in [3.8, 4) is 0 Å². The maximum atomic E-state index is 3.74. The Bertz CT molecular complexity index is 247. The van der Waals surface area contributed by atoms with Crippen molar-refractivity contribution in [1.82, 2.24) is 15.1 Å². The van der Waals surface area contributed by atoms with Gasteiger partial charge in [-0.3, -0.25) is 9.80 Å². The molecule has 0 aromatic carbocycles. The van der Waals surface area contributed by atoms with Crippen LogP contribution in [0.4, 0.5) is 0 Å². The van der Waals surface area contributed by atoms with E-state index in [2.05, 4.69) is 56.7 Å². The molecule has 0 aromatic heterocycles. The third-order valence-electron chi connectivity index (χ3n) is 4.38. The molecule has 0 aromatic rings. The van der Waals surface area contributed by atoms with E-state index in [0.29, 0.717) is 17.5 Å². The van der Waals surface area contributed by atoms with Crippen LogP contribution in [0.3, 0.4) is 0 Å². The Morgan fingerprint density at radius 3 is 2.37 bits per heavy atom. The summed E-state index contributed by atoms with van der Waals surface area (Å²) in [6.45, 7) is 21.1. The van der Waals surface area contributed by atoms with Crippen LogP contribution >= 0.6 is 0 Å². The molecule has 0 bridgehead atoms. The predicted molar refractivity (Wildman–Crippen MR) is 84.7 cm³/mol. The van der Waals surface area contributed by atoms with Crippen LogP contribution in [0.25, 0.3) is 0 Å². The fraction of sp³-hybridized carbons (Fsp3) is 1.00. The highest BCUT2D eigenvalue weighted by Crippen LogP contribution is 2.21. The molecule has 1 fully saturated rings. The average Bonchev–Trinajstić information content (AvgIpc) is 2.33. The molecule has 19 heavy (non-hydrogen) atoms. The lowest BCUT2D eigenvalue weighted by atomic mass is 9.86. The van der Waals surface area contributed by atoms with Gasteiger partial charge in [0, 0.05) is 38.3 Å². The maximum Gasteiger partial charge on any atom is 0.0243 e. The first kappa shape index (κ1) is 16.9. The molecule has 1 heterocycles. The fourth-order valence-corrected chi connectivity index (χ4v) is 2.93. The normalized spacial score (nSPS) is 24.6. The molecule has 2 atom stereocenters. The summed E-state index contributed by atoms with van der Waals surface area (Å²) in [4.78, 5) is 5.23. The van der Waals surface area contributed by atoms with Gasteiger partial charge in [-0.05, 0) is 31.8 Å². The highest BCUT2D eigenvalue weighted by Gasteiger charge is 2.29. The third kappa shape index (κ3) is 5.41. The molecular weight excluding hydrogens is 234 g/mol. The molecule has 0 amide bonds. The van der Waals surface area contributed by atoms with Crippen molar-refractivity contribution in [3.05, 3.63) is 0 Å². The minimum Gasteiger partial charge on any atom is -0.312 e. The van der Waals surface area contributed by atoms with Crippen molar-refractivity contribution in [2.75, 3.05) is 39.3 Å². The minimum atomic E-state index is 0.334. The van der Waals surface area contributed by atoms with E-state index in [0.717, 1.165) is 6.54 Å². The summed E-state index contributed by atoms with van der Waals surface area (Å²) in [7, 11) is 0. The maximum absolute atomic E-state index is 3.74. The van der Waals surface area contributed by atoms with Crippen molar-refractivity contribution in [2.24, 2.45) is 5.41 Å². The first-order valence-electron chi connectivity index (χ1n) is 8.08. The largest absolute Gasteiger partial charge is 0.312 e. The van der Waals surface area contributed by atoms with Crippen LogP contribution in [-0.2, 0) is 0 Å². The smallest absolute Gasteiger partial charge is 0.0243 e. The summed E-state index contributed by atoms with van der Waals surface area (Å²) >= 11 is 0. The zero-order valence-electron chi connectivity index (χ0n) is 14.0. The number of likely N-dealkylation sites (N-methyl/N-ethyl adjacent to an activating group) is 1. The van der Waals surface area contributed by atoms with E-state index in [9.17, 15) is 0 Å². The second-order valence-electron chi connectivity index (χ2n) is 7.11. The van der Waals surface area contributed by atoms with Gasteiger partial charge in [-0.2, -0.15) is 0 Å². The van der Waals surface area contributed by atoms with Gasteiger partial charge in [0.2, 0.25) is 0 Å².